The van der Waals surface area contributed by atoms with E-state index in [-0.39, 0.29) is 5.78 Å². The molecule has 1 N–H and O–H groups in total. The first-order chi connectivity index (χ1) is 11.8. The molecule has 2 rings (SSSR count). The van der Waals surface area contributed by atoms with E-state index in [9.17, 15) is 13.2 Å². The Morgan fingerprint density at radius 2 is 1.72 bits per heavy atom. The quantitative estimate of drug-likeness (QED) is 0.606. The lowest BCUT2D eigenvalue weighted by atomic mass is 10.1. The summed E-state index contributed by atoms with van der Waals surface area (Å²) in [7, 11) is -0.233. The molecule has 0 bridgehead atoms. The molecule has 2 aromatic rings. The highest BCUT2D eigenvalue weighted by Crippen LogP contribution is 2.25. The molecule has 0 aliphatic heterocycles. The number of carbonyl (C=O) groups excluding carboxylic acids is 1. The lowest BCUT2D eigenvalue weighted by molar-refractivity contribution is 0.104. The largest absolute Gasteiger partial charge is 0.497 e. The van der Waals surface area contributed by atoms with Crippen LogP contribution in [0.3, 0.4) is 0 Å². The zero-order chi connectivity index (χ0) is 18.4. The number of carbonyl (C=O) groups is 1. The second-order valence-corrected chi connectivity index (χ2v) is 7.01. The zero-order valence-corrected chi connectivity index (χ0v) is 15.0. The van der Waals surface area contributed by atoms with Gasteiger partial charge < -0.3 is 9.47 Å². The highest BCUT2D eigenvalue weighted by molar-refractivity contribution is 7.92. The molecule has 0 spiro atoms. The molecule has 2 aromatic carbocycles. The van der Waals surface area contributed by atoms with Crippen LogP contribution < -0.4 is 14.2 Å². The molecule has 0 radical (unpaired) electrons. The second-order valence-electron chi connectivity index (χ2n) is 5.26. The molecule has 0 amide bonds. The van der Waals surface area contributed by atoms with Crippen LogP contribution in [0.4, 0.5) is 5.69 Å². The maximum Gasteiger partial charge on any atom is 0.229 e. The molecule has 6 nitrogen and oxygen atoms in total. The van der Waals surface area contributed by atoms with Gasteiger partial charge in [0.15, 0.2) is 5.78 Å². The summed E-state index contributed by atoms with van der Waals surface area (Å²) >= 11 is 0. The number of anilines is 1. The molecule has 0 heterocycles. The lowest BCUT2D eigenvalue weighted by Gasteiger charge is -2.07. The molecular formula is C18H19NO5S. The van der Waals surface area contributed by atoms with Gasteiger partial charge in [0.25, 0.3) is 0 Å². The average Bonchev–Trinajstić information content (AvgIpc) is 2.58. The van der Waals surface area contributed by atoms with Gasteiger partial charge in [0.05, 0.1) is 20.5 Å². The van der Waals surface area contributed by atoms with Crippen LogP contribution in [0.15, 0.2) is 48.5 Å². The Balaban J connectivity index is 2.18. The molecule has 132 valence electrons. The number of hydrogen-bond acceptors (Lipinski definition) is 5. The number of sulfonamides is 1. The van der Waals surface area contributed by atoms with Crippen molar-refractivity contribution in [1.29, 1.82) is 0 Å². The summed E-state index contributed by atoms with van der Waals surface area (Å²) in [5, 5.41) is 0. The van der Waals surface area contributed by atoms with Crippen molar-refractivity contribution in [3.05, 3.63) is 59.7 Å². The van der Waals surface area contributed by atoms with Gasteiger partial charge >= 0.3 is 0 Å². The van der Waals surface area contributed by atoms with Gasteiger partial charge in [0, 0.05) is 16.8 Å². The topological polar surface area (TPSA) is 81.7 Å². The first kappa shape index (κ1) is 18.5. The Labute approximate surface area is 147 Å². The van der Waals surface area contributed by atoms with Crippen LogP contribution in [-0.2, 0) is 10.0 Å². The van der Waals surface area contributed by atoms with E-state index in [4.69, 9.17) is 9.47 Å². The Kier molecular flexibility index (Phi) is 5.82. The van der Waals surface area contributed by atoms with Crippen LogP contribution in [-0.4, -0.2) is 34.7 Å². The summed E-state index contributed by atoms with van der Waals surface area (Å²) in [6, 6.07) is 11.5. The Bertz CT molecular complexity index is 886. The lowest BCUT2D eigenvalue weighted by Crippen LogP contribution is -2.09. The van der Waals surface area contributed by atoms with Crippen molar-refractivity contribution < 1.29 is 22.7 Å². The number of hydrogen-bond donors (Lipinski definition) is 1. The minimum absolute atomic E-state index is 0.212. The fraction of sp³-hybridized carbons (Fsp3) is 0.167. The highest BCUT2D eigenvalue weighted by Gasteiger charge is 2.06. The van der Waals surface area contributed by atoms with E-state index in [1.54, 1.807) is 50.6 Å². The molecule has 0 fully saturated rings. The van der Waals surface area contributed by atoms with Gasteiger partial charge in [0.2, 0.25) is 10.0 Å². The third kappa shape index (κ3) is 5.36. The van der Waals surface area contributed by atoms with E-state index < -0.39 is 10.0 Å². The first-order valence-corrected chi connectivity index (χ1v) is 9.24. The minimum atomic E-state index is -3.35. The van der Waals surface area contributed by atoms with Crippen LogP contribution in [0, 0.1) is 0 Å². The van der Waals surface area contributed by atoms with Crippen molar-refractivity contribution >= 4 is 27.6 Å². The predicted octanol–water partition coefficient (Wildman–Crippen LogP) is 2.97. The molecule has 7 heteroatoms. The molecule has 0 aromatic heterocycles. The van der Waals surface area contributed by atoms with Gasteiger partial charge in [-0.3, -0.25) is 9.52 Å². The standard InChI is InChI=1S/C18H19NO5S/c1-23-16-9-11-18(24-2)14(12-16)6-10-17(20)13-4-7-15(8-5-13)19-25(3,21)22/h4-12,19H,1-3H3/b10-6+. The van der Waals surface area contributed by atoms with Gasteiger partial charge in [-0.25, -0.2) is 8.42 Å². The van der Waals surface area contributed by atoms with E-state index in [0.29, 0.717) is 28.3 Å². The summed E-state index contributed by atoms with van der Waals surface area (Å²) in [5.74, 6) is 1.07. The summed E-state index contributed by atoms with van der Waals surface area (Å²) < 4.78 is 35.1. The van der Waals surface area contributed by atoms with Crippen molar-refractivity contribution in [1.82, 2.24) is 0 Å². The molecule has 0 saturated carbocycles. The van der Waals surface area contributed by atoms with Crippen LogP contribution in [0.5, 0.6) is 11.5 Å². The third-order valence-corrected chi connectivity index (χ3v) is 3.93. The van der Waals surface area contributed by atoms with Crippen molar-refractivity contribution in [3.8, 4) is 11.5 Å². The minimum Gasteiger partial charge on any atom is -0.497 e. The Morgan fingerprint density at radius 1 is 1.04 bits per heavy atom. The normalized spacial score (nSPS) is 11.3. The Hall–Kier alpha value is -2.80. The monoisotopic (exact) mass is 361 g/mol. The maximum atomic E-state index is 12.3. The number of rotatable bonds is 7. The number of ketones is 1. The average molecular weight is 361 g/mol. The van der Waals surface area contributed by atoms with E-state index in [0.717, 1.165) is 6.26 Å². The fourth-order valence-corrected chi connectivity index (χ4v) is 2.71. The van der Waals surface area contributed by atoms with Crippen molar-refractivity contribution in [3.63, 3.8) is 0 Å². The van der Waals surface area contributed by atoms with Crippen molar-refractivity contribution in [2.45, 2.75) is 0 Å². The maximum absolute atomic E-state index is 12.3. The van der Waals surface area contributed by atoms with Gasteiger partial charge in [-0.2, -0.15) is 0 Å². The fourth-order valence-electron chi connectivity index (χ4n) is 2.15. The molecule has 25 heavy (non-hydrogen) atoms. The Morgan fingerprint density at radius 3 is 2.28 bits per heavy atom. The van der Waals surface area contributed by atoms with Gasteiger partial charge in [0.1, 0.15) is 11.5 Å². The molecule has 0 aliphatic carbocycles. The van der Waals surface area contributed by atoms with E-state index in [1.807, 2.05) is 0 Å². The van der Waals surface area contributed by atoms with Crippen molar-refractivity contribution in [2.24, 2.45) is 0 Å². The number of methoxy groups -OCH3 is 2. The summed E-state index contributed by atoms with van der Waals surface area (Å²) in [6.45, 7) is 0. The molecule has 0 aliphatic rings. The molecular weight excluding hydrogens is 342 g/mol. The van der Waals surface area contributed by atoms with E-state index in [2.05, 4.69) is 4.72 Å². The summed E-state index contributed by atoms with van der Waals surface area (Å²) in [4.78, 5) is 12.3. The number of benzene rings is 2. The SMILES string of the molecule is COc1ccc(OC)c(/C=C/C(=O)c2ccc(NS(C)(=O)=O)cc2)c1. The van der Waals surface area contributed by atoms with Crippen molar-refractivity contribution in [2.75, 3.05) is 25.2 Å². The predicted molar refractivity (Wildman–Crippen MR) is 97.8 cm³/mol. The molecule has 0 atom stereocenters. The van der Waals surface area contributed by atoms with Crippen LogP contribution >= 0.6 is 0 Å². The van der Waals surface area contributed by atoms with E-state index >= 15 is 0 Å². The van der Waals surface area contributed by atoms with Crippen LogP contribution in [0.1, 0.15) is 15.9 Å². The van der Waals surface area contributed by atoms with Gasteiger partial charge in [-0.15, -0.1) is 0 Å². The van der Waals surface area contributed by atoms with Crippen LogP contribution in [0.25, 0.3) is 6.08 Å². The smallest absolute Gasteiger partial charge is 0.229 e. The third-order valence-electron chi connectivity index (χ3n) is 3.32. The first-order valence-electron chi connectivity index (χ1n) is 7.34. The molecule has 0 saturated heterocycles. The summed E-state index contributed by atoms with van der Waals surface area (Å²) in [6.07, 6.45) is 4.14. The van der Waals surface area contributed by atoms with Gasteiger partial charge in [-0.1, -0.05) is 0 Å². The second kappa shape index (κ2) is 7.85. The summed E-state index contributed by atoms with van der Waals surface area (Å²) in [5.41, 5.74) is 1.56. The number of allylic oxidation sites excluding steroid dienone is 1. The number of nitrogens with one attached hydrogen (secondary N) is 1. The number of ether oxygens (including phenoxy) is 2. The van der Waals surface area contributed by atoms with Crippen LogP contribution in [0.2, 0.25) is 0 Å². The zero-order valence-electron chi connectivity index (χ0n) is 14.1. The van der Waals surface area contributed by atoms with E-state index in [1.165, 1.54) is 18.2 Å². The van der Waals surface area contributed by atoms with Gasteiger partial charge in [-0.05, 0) is 54.6 Å². The molecule has 0 unspecified atom stereocenters. The highest BCUT2D eigenvalue weighted by atomic mass is 32.2.